The number of benzene rings is 1. The van der Waals surface area contributed by atoms with E-state index < -0.39 is 29.7 Å². The molecule has 1 amide bonds. The second kappa shape index (κ2) is 7.10. The minimum absolute atomic E-state index is 0.183. The second-order valence-electron chi connectivity index (χ2n) is 4.62. The first-order chi connectivity index (χ1) is 9.74. The molecule has 0 aliphatic heterocycles. The zero-order chi connectivity index (χ0) is 16.0. The number of alkyl halides is 3. The third-order valence-electron chi connectivity index (χ3n) is 2.83. The molecule has 0 saturated heterocycles. The maximum Gasteiger partial charge on any atom is 0.416 e. The van der Waals surface area contributed by atoms with Gasteiger partial charge in [0.25, 0.3) is 0 Å². The number of rotatable bonds is 6. The van der Waals surface area contributed by atoms with Crippen molar-refractivity contribution in [3.63, 3.8) is 0 Å². The number of carbonyl (C=O) groups excluding carboxylic acids is 1. The van der Waals surface area contributed by atoms with Crippen molar-refractivity contribution in [1.82, 2.24) is 5.32 Å². The van der Waals surface area contributed by atoms with Crippen molar-refractivity contribution in [3.05, 3.63) is 35.4 Å². The average Bonchev–Trinajstić information content (AvgIpc) is 2.37. The van der Waals surface area contributed by atoms with Crippen LogP contribution in [0.25, 0.3) is 0 Å². The highest BCUT2D eigenvalue weighted by Gasteiger charge is 2.30. The van der Waals surface area contributed by atoms with E-state index in [9.17, 15) is 22.8 Å². The van der Waals surface area contributed by atoms with E-state index in [0.717, 1.165) is 12.1 Å². The summed E-state index contributed by atoms with van der Waals surface area (Å²) in [4.78, 5) is 22.6. The van der Waals surface area contributed by atoms with Gasteiger partial charge in [-0.05, 0) is 18.1 Å². The summed E-state index contributed by atoms with van der Waals surface area (Å²) in [6.45, 7) is 1.77. The Morgan fingerprint density at radius 3 is 2.52 bits per heavy atom. The molecule has 7 heteroatoms. The second-order valence-corrected chi connectivity index (χ2v) is 4.62. The van der Waals surface area contributed by atoms with Gasteiger partial charge >= 0.3 is 12.1 Å². The minimum Gasteiger partial charge on any atom is -0.480 e. The first-order valence-corrected chi connectivity index (χ1v) is 6.42. The summed E-state index contributed by atoms with van der Waals surface area (Å²) >= 11 is 0. The van der Waals surface area contributed by atoms with Gasteiger partial charge in [0.05, 0.1) is 12.0 Å². The van der Waals surface area contributed by atoms with Crippen molar-refractivity contribution in [2.75, 3.05) is 0 Å². The van der Waals surface area contributed by atoms with Crippen LogP contribution in [0.2, 0.25) is 0 Å². The van der Waals surface area contributed by atoms with Crippen molar-refractivity contribution in [2.45, 2.75) is 38.4 Å². The van der Waals surface area contributed by atoms with Crippen LogP contribution < -0.4 is 5.32 Å². The number of carboxylic acids is 1. The fourth-order valence-corrected chi connectivity index (χ4v) is 1.83. The van der Waals surface area contributed by atoms with Crippen LogP contribution in [0.1, 0.15) is 30.9 Å². The molecule has 1 atom stereocenters. The van der Waals surface area contributed by atoms with Gasteiger partial charge in [0.2, 0.25) is 5.91 Å². The molecule has 21 heavy (non-hydrogen) atoms. The highest BCUT2D eigenvalue weighted by Crippen LogP contribution is 2.29. The number of carboxylic acid groups (broad SMARTS) is 1. The zero-order valence-electron chi connectivity index (χ0n) is 11.4. The number of amides is 1. The molecule has 0 aliphatic carbocycles. The van der Waals surface area contributed by atoms with Crippen molar-refractivity contribution in [2.24, 2.45) is 0 Å². The summed E-state index contributed by atoms with van der Waals surface area (Å²) in [5.41, 5.74) is -0.654. The molecule has 1 rings (SSSR count). The summed E-state index contributed by atoms with van der Waals surface area (Å²) in [6.07, 6.45) is -3.93. The van der Waals surface area contributed by atoms with E-state index >= 15 is 0 Å². The van der Waals surface area contributed by atoms with Crippen LogP contribution in [0.4, 0.5) is 13.2 Å². The molecule has 1 aromatic rings. The van der Waals surface area contributed by atoms with Gasteiger partial charge in [0.1, 0.15) is 6.04 Å². The van der Waals surface area contributed by atoms with E-state index in [1.165, 1.54) is 12.1 Å². The maximum absolute atomic E-state index is 12.5. The lowest BCUT2D eigenvalue weighted by Crippen LogP contribution is -2.41. The monoisotopic (exact) mass is 303 g/mol. The predicted molar refractivity (Wildman–Crippen MR) is 69.6 cm³/mol. The molecular formula is C14H16F3NO3. The molecule has 0 heterocycles. The van der Waals surface area contributed by atoms with Gasteiger partial charge in [-0.1, -0.05) is 31.5 Å². The summed E-state index contributed by atoms with van der Waals surface area (Å²) < 4.78 is 37.6. The van der Waals surface area contributed by atoms with Crippen molar-refractivity contribution >= 4 is 11.9 Å². The van der Waals surface area contributed by atoms with Gasteiger partial charge in [-0.15, -0.1) is 0 Å². The van der Waals surface area contributed by atoms with Crippen molar-refractivity contribution in [1.29, 1.82) is 0 Å². The SMILES string of the molecule is CCC[C@H](NC(=O)Cc1cccc(C(F)(F)F)c1)C(=O)O. The number of carbonyl (C=O) groups is 2. The molecule has 0 unspecified atom stereocenters. The van der Waals surface area contributed by atoms with Crippen LogP contribution in [0, 0.1) is 0 Å². The quantitative estimate of drug-likeness (QED) is 0.849. The fourth-order valence-electron chi connectivity index (χ4n) is 1.83. The molecule has 2 N–H and O–H groups in total. The van der Waals surface area contributed by atoms with E-state index in [-0.39, 0.29) is 18.4 Å². The molecule has 0 fully saturated rings. The Morgan fingerprint density at radius 1 is 1.33 bits per heavy atom. The smallest absolute Gasteiger partial charge is 0.416 e. The van der Waals surface area contributed by atoms with E-state index in [2.05, 4.69) is 5.32 Å². The molecular weight excluding hydrogens is 287 g/mol. The molecule has 0 saturated carbocycles. The maximum atomic E-state index is 12.5. The Morgan fingerprint density at radius 2 is 2.00 bits per heavy atom. The number of aliphatic carboxylic acids is 1. The number of hydrogen-bond acceptors (Lipinski definition) is 2. The van der Waals surface area contributed by atoms with Crippen molar-refractivity contribution < 1.29 is 27.9 Å². The van der Waals surface area contributed by atoms with Gasteiger partial charge in [-0.2, -0.15) is 13.2 Å². The Bertz CT molecular complexity index is 514. The minimum atomic E-state index is -4.47. The fraction of sp³-hybridized carbons (Fsp3) is 0.429. The van der Waals surface area contributed by atoms with Gasteiger partial charge in [0, 0.05) is 0 Å². The molecule has 0 radical (unpaired) electrons. The molecule has 0 spiro atoms. The topological polar surface area (TPSA) is 66.4 Å². The van der Waals surface area contributed by atoms with E-state index in [1.807, 2.05) is 0 Å². The summed E-state index contributed by atoms with van der Waals surface area (Å²) in [5.74, 6) is -1.77. The Kier molecular flexibility index (Phi) is 5.75. The Balaban J connectivity index is 2.73. The third-order valence-corrected chi connectivity index (χ3v) is 2.83. The molecule has 4 nitrogen and oxygen atoms in total. The summed E-state index contributed by atoms with van der Waals surface area (Å²) in [7, 11) is 0. The number of halogens is 3. The molecule has 0 aliphatic rings. The number of hydrogen-bond donors (Lipinski definition) is 2. The number of nitrogens with one attached hydrogen (secondary N) is 1. The highest BCUT2D eigenvalue weighted by atomic mass is 19.4. The Labute approximate surface area is 120 Å². The van der Waals surface area contributed by atoms with E-state index in [4.69, 9.17) is 5.11 Å². The van der Waals surface area contributed by atoms with Crippen LogP contribution in [-0.2, 0) is 22.2 Å². The van der Waals surface area contributed by atoms with Crippen LogP contribution in [0.5, 0.6) is 0 Å². The first-order valence-electron chi connectivity index (χ1n) is 6.42. The molecule has 116 valence electrons. The zero-order valence-corrected chi connectivity index (χ0v) is 11.4. The summed E-state index contributed by atoms with van der Waals surface area (Å²) in [6, 6.07) is 3.39. The van der Waals surface area contributed by atoms with Crippen molar-refractivity contribution in [3.8, 4) is 0 Å². The highest BCUT2D eigenvalue weighted by molar-refractivity contribution is 5.84. The van der Waals surface area contributed by atoms with Gasteiger partial charge in [-0.25, -0.2) is 4.79 Å². The van der Waals surface area contributed by atoms with Crippen LogP contribution in [-0.4, -0.2) is 23.0 Å². The van der Waals surface area contributed by atoms with Crippen LogP contribution in [0.15, 0.2) is 24.3 Å². The first kappa shape index (κ1) is 17.0. The van der Waals surface area contributed by atoms with Gasteiger partial charge in [0.15, 0.2) is 0 Å². The lowest BCUT2D eigenvalue weighted by Gasteiger charge is -2.14. The normalized spacial score (nSPS) is 12.8. The van der Waals surface area contributed by atoms with E-state index in [0.29, 0.717) is 6.42 Å². The third kappa shape index (κ3) is 5.45. The summed E-state index contributed by atoms with van der Waals surface area (Å²) in [5, 5.41) is 11.2. The Hall–Kier alpha value is -2.05. The van der Waals surface area contributed by atoms with Gasteiger partial charge < -0.3 is 10.4 Å². The standard InChI is InChI=1S/C14H16F3NO3/c1-2-4-11(13(20)21)18-12(19)8-9-5-3-6-10(7-9)14(15,16)17/h3,5-7,11H,2,4,8H2,1H3,(H,18,19)(H,20,21)/t11-/m0/s1. The van der Waals surface area contributed by atoms with Gasteiger partial charge in [-0.3, -0.25) is 4.79 Å². The van der Waals surface area contributed by atoms with E-state index in [1.54, 1.807) is 6.92 Å². The lowest BCUT2D eigenvalue weighted by atomic mass is 10.1. The van der Waals surface area contributed by atoms with Crippen LogP contribution >= 0.6 is 0 Å². The van der Waals surface area contributed by atoms with Crippen LogP contribution in [0.3, 0.4) is 0 Å². The average molecular weight is 303 g/mol. The lowest BCUT2D eigenvalue weighted by molar-refractivity contribution is -0.141. The largest absolute Gasteiger partial charge is 0.480 e. The molecule has 1 aromatic carbocycles. The predicted octanol–water partition coefficient (Wildman–Crippen LogP) is 2.62. The molecule has 0 bridgehead atoms. The molecule has 0 aromatic heterocycles.